The highest BCUT2D eigenvalue weighted by Crippen LogP contribution is 2.26. The number of carbonyl (C=O) groups is 1. The molecule has 2 unspecified atom stereocenters. The molecule has 0 aliphatic carbocycles. The standard InChI is InChI=1S/C12H17NO2S/c1-9-12(5-7-15-9)16-8-11(14)10-4-3-6-13(10)2/h3-4,6,9,12H,5,7-8H2,1-2H3. The van der Waals surface area contributed by atoms with Gasteiger partial charge in [0.15, 0.2) is 5.78 Å². The molecule has 1 aromatic rings. The van der Waals surface area contributed by atoms with Crippen molar-refractivity contribution in [3.05, 3.63) is 24.0 Å². The lowest BCUT2D eigenvalue weighted by Gasteiger charge is -2.12. The molecule has 0 radical (unpaired) electrons. The Morgan fingerprint density at radius 3 is 3.06 bits per heavy atom. The molecule has 1 fully saturated rings. The van der Waals surface area contributed by atoms with Gasteiger partial charge in [0, 0.05) is 25.1 Å². The minimum atomic E-state index is 0.205. The largest absolute Gasteiger partial charge is 0.377 e. The maximum atomic E-state index is 11.9. The first-order valence-corrected chi connectivity index (χ1v) is 6.61. The summed E-state index contributed by atoms with van der Waals surface area (Å²) in [5, 5.41) is 0.476. The van der Waals surface area contributed by atoms with E-state index in [9.17, 15) is 4.79 Å². The zero-order valence-corrected chi connectivity index (χ0v) is 10.5. The zero-order valence-electron chi connectivity index (χ0n) is 9.68. The average molecular weight is 239 g/mol. The van der Waals surface area contributed by atoms with Crippen LogP contribution in [0.2, 0.25) is 0 Å². The molecule has 3 nitrogen and oxygen atoms in total. The van der Waals surface area contributed by atoms with Crippen LogP contribution in [0.5, 0.6) is 0 Å². The number of hydrogen-bond acceptors (Lipinski definition) is 3. The lowest BCUT2D eigenvalue weighted by Crippen LogP contribution is -2.17. The Labute approximate surface area is 100 Å². The third-order valence-electron chi connectivity index (χ3n) is 2.96. The minimum absolute atomic E-state index is 0.205. The van der Waals surface area contributed by atoms with Gasteiger partial charge in [0.2, 0.25) is 0 Å². The van der Waals surface area contributed by atoms with Gasteiger partial charge >= 0.3 is 0 Å². The first-order chi connectivity index (χ1) is 7.68. The molecular weight excluding hydrogens is 222 g/mol. The molecular formula is C12H17NO2S. The highest BCUT2D eigenvalue weighted by Gasteiger charge is 2.25. The summed E-state index contributed by atoms with van der Waals surface area (Å²) in [6, 6.07) is 3.77. The monoisotopic (exact) mass is 239 g/mol. The van der Waals surface area contributed by atoms with E-state index in [1.807, 2.05) is 29.9 Å². The smallest absolute Gasteiger partial charge is 0.189 e. The predicted molar refractivity (Wildman–Crippen MR) is 66.0 cm³/mol. The number of aromatic nitrogens is 1. The Hall–Kier alpha value is -0.740. The van der Waals surface area contributed by atoms with Crippen molar-refractivity contribution in [1.29, 1.82) is 0 Å². The van der Waals surface area contributed by atoms with E-state index in [0.717, 1.165) is 18.7 Å². The van der Waals surface area contributed by atoms with Crippen LogP contribution >= 0.6 is 11.8 Å². The van der Waals surface area contributed by atoms with Crippen molar-refractivity contribution in [3.63, 3.8) is 0 Å². The van der Waals surface area contributed by atoms with E-state index in [2.05, 4.69) is 6.92 Å². The highest BCUT2D eigenvalue weighted by molar-refractivity contribution is 8.00. The SMILES string of the molecule is CC1OCCC1SCC(=O)c1cccn1C. The van der Waals surface area contributed by atoms with Crippen LogP contribution in [0.15, 0.2) is 18.3 Å². The second kappa shape index (κ2) is 5.06. The number of ketones is 1. The first kappa shape index (κ1) is 11.7. The summed E-state index contributed by atoms with van der Waals surface area (Å²) >= 11 is 1.72. The van der Waals surface area contributed by atoms with E-state index in [0.29, 0.717) is 11.0 Å². The van der Waals surface area contributed by atoms with E-state index < -0.39 is 0 Å². The first-order valence-electron chi connectivity index (χ1n) is 5.56. The van der Waals surface area contributed by atoms with Gasteiger partial charge in [-0.05, 0) is 25.5 Å². The van der Waals surface area contributed by atoms with Crippen molar-refractivity contribution in [3.8, 4) is 0 Å². The molecule has 1 saturated heterocycles. The third kappa shape index (κ3) is 2.50. The molecule has 0 amide bonds. The lowest BCUT2D eigenvalue weighted by atomic mass is 10.3. The summed E-state index contributed by atoms with van der Waals surface area (Å²) in [5.74, 6) is 0.757. The van der Waals surface area contributed by atoms with Crippen LogP contribution in [-0.2, 0) is 11.8 Å². The Morgan fingerprint density at radius 2 is 2.50 bits per heavy atom. The van der Waals surface area contributed by atoms with Gasteiger partial charge in [-0.25, -0.2) is 0 Å². The molecule has 0 spiro atoms. The van der Waals surface area contributed by atoms with Gasteiger partial charge in [0.1, 0.15) is 0 Å². The lowest BCUT2D eigenvalue weighted by molar-refractivity contribution is 0.101. The summed E-state index contributed by atoms with van der Waals surface area (Å²) in [6.45, 7) is 2.91. The summed E-state index contributed by atoms with van der Waals surface area (Å²) in [6.07, 6.45) is 3.25. The summed E-state index contributed by atoms with van der Waals surface area (Å²) in [7, 11) is 1.90. The molecule has 16 heavy (non-hydrogen) atoms. The number of Topliss-reactive ketones (excluding diaryl/α,β-unsaturated/α-hetero) is 1. The maximum absolute atomic E-state index is 11.9. The predicted octanol–water partition coefficient (Wildman–Crippen LogP) is 2.12. The maximum Gasteiger partial charge on any atom is 0.189 e. The van der Waals surface area contributed by atoms with Gasteiger partial charge in [-0.3, -0.25) is 4.79 Å². The molecule has 2 rings (SSSR count). The molecule has 0 saturated carbocycles. The number of rotatable bonds is 4. The van der Waals surface area contributed by atoms with Gasteiger partial charge < -0.3 is 9.30 Å². The quantitative estimate of drug-likeness (QED) is 0.754. The van der Waals surface area contributed by atoms with Gasteiger partial charge in [-0.15, -0.1) is 11.8 Å². The Kier molecular flexibility index (Phi) is 3.71. The molecule has 0 N–H and O–H groups in total. The van der Waals surface area contributed by atoms with Crippen LogP contribution in [0, 0.1) is 0 Å². The van der Waals surface area contributed by atoms with Crippen molar-refractivity contribution >= 4 is 17.5 Å². The summed E-state index contributed by atoms with van der Waals surface area (Å²) in [4.78, 5) is 11.9. The molecule has 1 aromatic heterocycles. The minimum Gasteiger partial charge on any atom is -0.377 e. The van der Waals surface area contributed by atoms with Crippen LogP contribution in [0.3, 0.4) is 0 Å². The fourth-order valence-electron chi connectivity index (χ4n) is 1.94. The average Bonchev–Trinajstić information content (AvgIpc) is 2.84. The van der Waals surface area contributed by atoms with E-state index in [1.165, 1.54) is 0 Å². The zero-order chi connectivity index (χ0) is 11.5. The number of carbonyl (C=O) groups excluding carboxylic acids is 1. The third-order valence-corrected chi connectivity index (χ3v) is 4.44. The van der Waals surface area contributed by atoms with Gasteiger partial charge in [-0.1, -0.05) is 0 Å². The van der Waals surface area contributed by atoms with Crippen LogP contribution < -0.4 is 0 Å². The number of nitrogens with zero attached hydrogens (tertiary/aromatic N) is 1. The number of ether oxygens (including phenoxy) is 1. The van der Waals surface area contributed by atoms with Crippen molar-refractivity contribution in [1.82, 2.24) is 4.57 Å². The molecule has 2 heterocycles. The molecule has 2 atom stereocenters. The van der Waals surface area contributed by atoms with E-state index in [-0.39, 0.29) is 11.9 Å². The second-order valence-electron chi connectivity index (χ2n) is 4.14. The normalized spacial score (nSPS) is 24.9. The Bertz CT molecular complexity index is 375. The molecule has 0 bridgehead atoms. The molecule has 88 valence electrons. The summed E-state index contributed by atoms with van der Waals surface area (Å²) in [5.41, 5.74) is 0.791. The van der Waals surface area contributed by atoms with Gasteiger partial charge in [0.25, 0.3) is 0 Å². The number of hydrogen-bond donors (Lipinski definition) is 0. The van der Waals surface area contributed by atoms with E-state index in [4.69, 9.17) is 4.74 Å². The van der Waals surface area contributed by atoms with Gasteiger partial charge in [0.05, 0.1) is 17.6 Å². The van der Waals surface area contributed by atoms with Crippen molar-refractivity contribution in [2.24, 2.45) is 7.05 Å². The van der Waals surface area contributed by atoms with Crippen LogP contribution in [0.25, 0.3) is 0 Å². The van der Waals surface area contributed by atoms with Crippen molar-refractivity contribution < 1.29 is 9.53 Å². The Balaban J connectivity index is 1.86. The van der Waals surface area contributed by atoms with Crippen molar-refractivity contribution in [2.75, 3.05) is 12.4 Å². The van der Waals surface area contributed by atoms with Gasteiger partial charge in [-0.2, -0.15) is 0 Å². The molecule has 1 aliphatic rings. The van der Waals surface area contributed by atoms with E-state index in [1.54, 1.807) is 11.8 Å². The Morgan fingerprint density at radius 1 is 1.69 bits per heavy atom. The van der Waals surface area contributed by atoms with Crippen molar-refractivity contribution in [2.45, 2.75) is 24.7 Å². The molecule has 0 aromatic carbocycles. The number of thioether (sulfide) groups is 1. The topological polar surface area (TPSA) is 31.2 Å². The summed E-state index contributed by atoms with van der Waals surface area (Å²) < 4.78 is 7.35. The highest BCUT2D eigenvalue weighted by atomic mass is 32.2. The van der Waals surface area contributed by atoms with Crippen LogP contribution in [0.1, 0.15) is 23.8 Å². The molecule has 1 aliphatic heterocycles. The fraction of sp³-hybridized carbons (Fsp3) is 0.583. The van der Waals surface area contributed by atoms with E-state index >= 15 is 0 Å². The van der Waals surface area contributed by atoms with Crippen LogP contribution in [0.4, 0.5) is 0 Å². The molecule has 4 heteroatoms. The number of aryl methyl sites for hydroxylation is 1. The second-order valence-corrected chi connectivity index (χ2v) is 5.37. The van der Waals surface area contributed by atoms with Crippen LogP contribution in [-0.4, -0.2) is 34.1 Å². The fourth-order valence-corrected chi connectivity index (χ4v) is 3.06.